The highest BCUT2D eigenvalue weighted by Gasteiger charge is 2.42. The van der Waals surface area contributed by atoms with E-state index in [1.165, 1.54) is 12.1 Å². The predicted molar refractivity (Wildman–Crippen MR) is 120 cm³/mol. The van der Waals surface area contributed by atoms with Gasteiger partial charge in [0.1, 0.15) is 11.9 Å². The minimum absolute atomic E-state index is 0.00794. The van der Waals surface area contributed by atoms with Crippen LogP contribution in [0.5, 0.6) is 0 Å². The smallest absolute Gasteiger partial charge is 0.335 e. The summed E-state index contributed by atoms with van der Waals surface area (Å²) in [5.74, 6) is -1.31. The second-order valence-electron chi connectivity index (χ2n) is 7.92. The van der Waals surface area contributed by atoms with E-state index >= 15 is 0 Å². The topological polar surface area (TPSA) is 76.7 Å². The van der Waals surface area contributed by atoms with Gasteiger partial charge in [0.2, 0.25) is 0 Å². The van der Waals surface area contributed by atoms with E-state index in [0.717, 1.165) is 35.2 Å². The van der Waals surface area contributed by atoms with Crippen molar-refractivity contribution in [3.63, 3.8) is 0 Å². The maximum Gasteiger partial charge on any atom is 0.335 e. The number of benzene rings is 3. The minimum Gasteiger partial charge on any atom is -0.478 e. The Labute approximate surface area is 189 Å². The lowest BCUT2D eigenvalue weighted by Crippen LogP contribution is -2.29. The van der Waals surface area contributed by atoms with Crippen LogP contribution in [0.3, 0.4) is 0 Å². The van der Waals surface area contributed by atoms with E-state index in [4.69, 9.17) is 16.7 Å². The quantitative estimate of drug-likeness (QED) is 0.571. The van der Waals surface area contributed by atoms with E-state index in [2.05, 4.69) is 6.07 Å². The van der Waals surface area contributed by atoms with E-state index in [0.29, 0.717) is 16.3 Å². The third kappa shape index (κ3) is 3.31. The third-order valence-corrected chi connectivity index (χ3v) is 6.43. The van der Waals surface area contributed by atoms with Crippen molar-refractivity contribution in [3.8, 4) is 6.07 Å². The standard InChI is InChI=1S/C25H17ClFN3O2/c26-22-12-19(9-5-17(22)13-28)30-24(15-3-7-18(27)8-4-15)20-10-6-14-1-2-16(25(31)32)11-21(14)23(20)29-30/h1-5,7-9,11-12,20,24H,6,10H2,(H,31,32). The summed E-state index contributed by atoms with van der Waals surface area (Å²) in [6.45, 7) is 0. The molecule has 0 fully saturated rings. The first kappa shape index (κ1) is 20.2. The molecule has 1 heterocycles. The SMILES string of the molecule is N#Cc1ccc(N2N=C3c4cc(C(=O)O)ccc4CCC3C2c2ccc(F)cc2)cc1Cl. The fraction of sp³-hybridized carbons (Fsp3) is 0.160. The molecule has 0 saturated heterocycles. The van der Waals surface area contributed by atoms with Crippen molar-refractivity contribution in [2.24, 2.45) is 11.0 Å². The van der Waals surface area contributed by atoms with Crippen LogP contribution in [0.1, 0.15) is 45.1 Å². The molecule has 0 aromatic heterocycles. The molecule has 3 aromatic carbocycles. The molecule has 0 radical (unpaired) electrons. The van der Waals surface area contributed by atoms with Crippen molar-refractivity contribution >= 4 is 29.0 Å². The number of carbonyl (C=O) groups is 1. The highest BCUT2D eigenvalue weighted by Crippen LogP contribution is 2.46. The Balaban J connectivity index is 1.66. The monoisotopic (exact) mass is 445 g/mol. The first-order valence-electron chi connectivity index (χ1n) is 10.2. The van der Waals surface area contributed by atoms with Crippen LogP contribution in [0, 0.1) is 23.1 Å². The number of rotatable bonds is 3. The first-order valence-corrected chi connectivity index (χ1v) is 10.5. The van der Waals surface area contributed by atoms with Crippen molar-refractivity contribution in [3.05, 3.63) is 99.3 Å². The van der Waals surface area contributed by atoms with Crippen LogP contribution < -0.4 is 5.01 Å². The summed E-state index contributed by atoms with van der Waals surface area (Å²) in [7, 11) is 0. The van der Waals surface area contributed by atoms with Gasteiger partial charge in [0.15, 0.2) is 0 Å². The minimum atomic E-state index is -0.987. The van der Waals surface area contributed by atoms with Gasteiger partial charge in [-0.1, -0.05) is 29.8 Å². The normalized spacial score (nSPS) is 19.0. The molecular formula is C25H17ClFN3O2. The second-order valence-corrected chi connectivity index (χ2v) is 8.33. The summed E-state index contributed by atoms with van der Waals surface area (Å²) in [4.78, 5) is 11.6. The zero-order valence-corrected chi connectivity index (χ0v) is 17.6. The molecule has 0 amide bonds. The van der Waals surface area contributed by atoms with Crippen LogP contribution in [0.25, 0.3) is 0 Å². The van der Waals surface area contributed by atoms with Crippen molar-refractivity contribution in [2.45, 2.75) is 18.9 Å². The maximum absolute atomic E-state index is 13.6. The van der Waals surface area contributed by atoms with Crippen LogP contribution in [-0.4, -0.2) is 16.8 Å². The Hall–Kier alpha value is -3.69. The van der Waals surface area contributed by atoms with E-state index in [-0.39, 0.29) is 23.3 Å². The Morgan fingerprint density at radius 2 is 1.94 bits per heavy atom. The van der Waals surface area contributed by atoms with Crippen LogP contribution in [0.2, 0.25) is 5.02 Å². The molecule has 0 bridgehead atoms. The number of aryl methyl sites for hydroxylation is 1. The number of hydrazone groups is 1. The molecule has 32 heavy (non-hydrogen) atoms. The number of nitriles is 1. The molecule has 7 heteroatoms. The molecule has 2 aliphatic rings. The van der Waals surface area contributed by atoms with Crippen molar-refractivity contribution in [1.82, 2.24) is 0 Å². The van der Waals surface area contributed by atoms with Gasteiger partial charge in [-0.3, -0.25) is 5.01 Å². The van der Waals surface area contributed by atoms with Crippen molar-refractivity contribution in [1.29, 1.82) is 5.26 Å². The van der Waals surface area contributed by atoms with Crippen LogP contribution in [0.15, 0.2) is 65.8 Å². The van der Waals surface area contributed by atoms with Crippen molar-refractivity contribution in [2.75, 3.05) is 5.01 Å². The molecule has 158 valence electrons. The van der Waals surface area contributed by atoms with Crippen LogP contribution in [-0.2, 0) is 6.42 Å². The number of hydrogen-bond donors (Lipinski definition) is 1. The van der Waals surface area contributed by atoms with Gasteiger partial charge in [0, 0.05) is 11.5 Å². The molecule has 2 unspecified atom stereocenters. The van der Waals surface area contributed by atoms with E-state index in [1.54, 1.807) is 42.5 Å². The number of fused-ring (bicyclic) bond motifs is 3. The number of hydrogen-bond acceptors (Lipinski definition) is 4. The molecule has 1 N–H and O–H groups in total. The lowest BCUT2D eigenvalue weighted by Gasteiger charge is -2.31. The summed E-state index contributed by atoms with van der Waals surface area (Å²) < 4.78 is 13.6. The number of aromatic carboxylic acids is 1. The van der Waals surface area contributed by atoms with Gasteiger partial charge in [0.05, 0.1) is 33.6 Å². The molecule has 1 aliphatic carbocycles. The number of anilines is 1. The summed E-state index contributed by atoms with van der Waals surface area (Å²) in [6.07, 6.45) is 1.61. The molecule has 5 rings (SSSR count). The van der Waals surface area contributed by atoms with Crippen molar-refractivity contribution < 1.29 is 14.3 Å². The largest absolute Gasteiger partial charge is 0.478 e. The van der Waals surface area contributed by atoms with E-state index < -0.39 is 5.97 Å². The van der Waals surface area contributed by atoms with E-state index in [9.17, 15) is 19.6 Å². The lowest BCUT2D eigenvalue weighted by atomic mass is 9.77. The summed E-state index contributed by atoms with van der Waals surface area (Å²) >= 11 is 6.30. The van der Waals surface area contributed by atoms with Gasteiger partial charge in [0.25, 0.3) is 0 Å². The van der Waals surface area contributed by atoms with Crippen LogP contribution >= 0.6 is 11.6 Å². The molecule has 2 atom stereocenters. The van der Waals surface area contributed by atoms with Gasteiger partial charge in [-0.05, 0) is 66.4 Å². The maximum atomic E-state index is 13.6. The molecule has 0 saturated carbocycles. The Morgan fingerprint density at radius 3 is 2.62 bits per heavy atom. The second kappa shape index (κ2) is 7.77. The molecular weight excluding hydrogens is 429 g/mol. The zero-order chi connectivity index (χ0) is 22.4. The van der Waals surface area contributed by atoms with Gasteiger partial charge >= 0.3 is 5.97 Å². The first-order chi connectivity index (χ1) is 15.5. The average Bonchev–Trinajstić information content (AvgIpc) is 3.19. The average molecular weight is 446 g/mol. The van der Waals surface area contributed by atoms with Gasteiger partial charge in [-0.2, -0.15) is 10.4 Å². The van der Waals surface area contributed by atoms with E-state index in [1.807, 2.05) is 11.1 Å². The molecule has 1 aliphatic heterocycles. The highest BCUT2D eigenvalue weighted by atomic mass is 35.5. The third-order valence-electron chi connectivity index (χ3n) is 6.12. The number of nitrogens with zero attached hydrogens (tertiary/aromatic N) is 3. The highest BCUT2D eigenvalue weighted by molar-refractivity contribution is 6.32. The van der Waals surface area contributed by atoms with Gasteiger partial charge in [-0.15, -0.1) is 0 Å². The summed E-state index contributed by atoms with van der Waals surface area (Å²) in [5, 5.41) is 25.8. The fourth-order valence-corrected chi connectivity index (χ4v) is 4.80. The number of carboxylic acid groups (broad SMARTS) is 1. The Morgan fingerprint density at radius 1 is 1.16 bits per heavy atom. The zero-order valence-electron chi connectivity index (χ0n) is 16.8. The number of halogens is 2. The number of carboxylic acids is 1. The van der Waals surface area contributed by atoms with Crippen LogP contribution in [0.4, 0.5) is 10.1 Å². The molecule has 3 aromatic rings. The summed E-state index contributed by atoms with van der Waals surface area (Å²) in [5.41, 5.74) is 4.89. The lowest BCUT2D eigenvalue weighted by molar-refractivity contribution is 0.0697. The fourth-order valence-electron chi connectivity index (χ4n) is 4.59. The predicted octanol–water partition coefficient (Wildman–Crippen LogP) is 5.58. The van der Waals surface area contributed by atoms with Gasteiger partial charge in [-0.25, -0.2) is 9.18 Å². The van der Waals surface area contributed by atoms with Gasteiger partial charge < -0.3 is 5.11 Å². The Kier molecular flexibility index (Phi) is 4.91. The molecule has 5 nitrogen and oxygen atoms in total. The summed E-state index contributed by atoms with van der Waals surface area (Å²) in [6, 6.07) is 18.5. The Bertz CT molecular complexity index is 1310. The molecule has 0 spiro atoms.